The maximum Gasteiger partial charge on any atom is 0.329 e. The fraction of sp³-hybridized carbons (Fsp3) is 0.733. The summed E-state index contributed by atoms with van der Waals surface area (Å²) in [6.07, 6.45) is 7.42. The number of Topliss-reactive ketones (excluding diaryl/α,β-unsaturated/α-hetero) is 2. The van der Waals surface area contributed by atoms with Crippen LogP contribution in [0, 0.1) is 29.6 Å². The van der Waals surface area contributed by atoms with Gasteiger partial charge in [-0.25, -0.2) is 4.79 Å². The molecule has 3 aliphatic heterocycles. The van der Waals surface area contributed by atoms with Crippen LogP contribution in [0.15, 0.2) is 47.7 Å². The van der Waals surface area contributed by atoms with Gasteiger partial charge in [-0.1, -0.05) is 66.2 Å². The molecule has 1 aromatic heterocycles. The fourth-order valence-corrected chi connectivity index (χ4v) is 13.1. The van der Waals surface area contributed by atoms with Gasteiger partial charge in [0.2, 0.25) is 5.79 Å². The normalized spacial score (nSPS) is 34.3. The lowest BCUT2D eigenvalue weighted by Crippen LogP contribution is -2.64. The van der Waals surface area contributed by atoms with Crippen LogP contribution in [0.2, 0.25) is 18.1 Å². The average molecular weight is 1080 g/mol. The van der Waals surface area contributed by atoms with E-state index in [2.05, 4.69) is 76.8 Å². The molecule has 6 rings (SSSR count). The standard InChI is InChI=1S/C60H94N2O13Si/c1-16-42-28-36(2)27-37(3)29-52(70-12)55-53(71-13)31-39(5)60(68,75-55)56(65)57(66)62-25-18-17-19-47(62)58(67)74-54(40(6)48(63)34-49(42)64)38(4)30-41-20-23-50(51(32-41)69-11)73-44-21-22-46-45(33-44)43(35-61(46)10)24-26-72-76(14,15)59(7,8)9/h21-22,28,30,33,35,37,39-42,47-48,50-55,63,68H,16-20,23-27,29,31-32,34H2,1-15H3/b36-28+,38-30?. The van der Waals surface area contributed by atoms with E-state index >= 15 is 0 Å². The fourth-order valence-electron chi connectivity index (χ4n) is 12.0. The first-order chi connectivity index (χ1) is 35.8. The number of aliphatic hydroxyl groups excluding tert-OH is 1. The maximum atomic E-state index is 14.7. The number of amides is 1. The van der Waals surface area contributed by atoms with Crippen LogP contribution in [0.4, 0.5) is 0 Å². The summed E-state index contributed by atoms with van der Waals surface area (Å²) in [6, 6.07) is 5.10. The van der Waals surface area contributed by atoms with Gasteiger partial charge in [0.05, 0.1) is 24.4 Å². The number of fused-ring (bicyclic) bond motifs is 4. The van der Waals surface area contributed by atoms with E-state index in [1.54, 1.807) is 35.2 Å². The van der Waals surface area contributed by atoms with Gasteiger partial charge in [0.1, 0.15) is 35.9 Å². The van der Waals surface area contributed by atoms with E-state index in [9.17, 15) is 29.4 Å². The van der Waals surface area contributed by atoms with Gasteiger partial charge in [0.15, 0.2) is 8.32 Å². The summed E-state index contributed by atoms with van der Waals surface area (Å²) in [4.78, 5) is 59.0. The molecule has 16 heteroatoms. The van der Waals surface area contributed by atoms with Gasteiger partial charge < -0.3 is 52.5 Å². The van der Waals surface area contributed by atoms with Crippen molar-refractivity contribution in [3.63, 3.8) is 0 Å². The zero-order valence-corrected chi connectivity index (χ0v) is 49.6. The van der Waals surface area contributed by atoms with Crippen molar-refractivity contribution in [1.29, 1.82) is 0 Å². The van der Waals surface area contributed by atoms with Crippen LogP contribution in [0.1, 0.15) is 139 Å². The highest BCUT2D eigenvalue weighted by Crippen LogP contribution is 2.41. The molecule has 2 saturated heterocycles. The van der Waals surface area contributed by atoms with Crippen LogP contribution in [0.3, 0.4) is 0 Å². The number of nitrogens with zero attached hydrogens (tertiary/aromatic N) is 2. The number of hydrogen-bond donors (Lipinski definition) is 2. The molecule has 1 aromatic carbocycles. The molecule has 76 heavy (non-hydrogen) atoms. The van der Waals surface area contributed by atoms with Crippen LogP contribution in [0.5, 0.6) is 5.75 Å². The van der Waals surface area contributed by atoms with Gasteiger partial charge >= 0.3 is 5.97 Å². The van der Waals surface area contributed by atoms with E-state index < -0.39 is 86.1 Å². The molecule has 0 radical (unpaired) electrons. The van der Waals surface area contributed by atoms with Crippen LogP contribution in [-0.2, 0) is 60.8 Å². The summed E-state index contributed by atoms with van der Waals surface area (Å²) >= 11 is 0. The summed E-state index contributed by atoms with van der Waals surface area (Å²) in [7, 11) is 4.95. The highest BCUT2D eigenvalue weighted by molar-refractivity contribution is 6.74. The van der Waals surface area contributed by atoms with Gasteiger partial charge in [-0.05, 0) is 144 Å². The quantitative estimate of drug-likeness (QED) is 0.0889. The lowest BCUT2D eigenvalue weighted by atomic mass is 9.81. The van der Waals surface area contributed by atoms with Gasteiger partial charge in [0, 0.05) is 82.8 Å². The minimum Gasteiger partial charge on any atom is -0.488 e. The first kappa shape index (κ1) is 61.5. The Morgan fingerprint density at radius 3 is 2.26 bits per heavy atom. The Labute approximate surface area is 454 Å². The first-order valence-electron chi connectivity index (χ1n) is 28.3. The van der Waals surface area contributed by atoms with Crippen molar-refractivity contribution in [3.05, 3.63) is 53.3 Å². The second-order valence-corrected chi connectivity index (χ2v) is 29.4. The summed E-state index contributed by atoms with van der Waals surface area (Å²) < 4.78 is 46.2. The molecule has 14 atom stereocenters. The Balaban J connectivity index is 1.26. The van der Waals surface area contributed by atoms with Gasteiger partial charge in [0.25, 0.3) is 11.7 Å². The van der Waals surface area contributed by atoms with E-state index in [1.165, 1.54) is 10.5 Å². The van der Waals surface area contributed by atoms with Crippen LogP contribution in [0.25, 0.3) is 10.9 Å². The Kier molecular flexibility index (Phi) is 21.0. The molecule has 15 nitrogen and oxygen atoms in total. The summed E-state index contributed by atoms with van der Waals surface area (Å²) in [6.45, 7) is 23.4. The highest BCUT2D eigenvalue weighted by atomic mass is 28.4. The minimum absolute atomic E-state index is 0.00783. The minimum atomic E-state index is -2.52. The van der Waals surface area contributed by atoms with E-state index in [0.717, 1.165) is 35.1 Å². The molecule has 1 amide bonds. The van der Waals surface area contributed by atoms with Crippen molar-refractivity contribution in [2.75, 3.05) is 34.5 Å². The first-order valence-corrected chi connectivity index (χ1v) is 31.2. The molecule has 4 aliphatic rings. The zero-order chi connectivity index (χ0) is 56.0. The second kappa shape index (κ2) is 26.0. The molecular formula is C60H94N2O13Si. The Morgan fingerprint density at radius 2 is 1.61 bits per heavy atom. The number of carbonyl (C=O) groups excluding carboxylic acids is 4. The number of aromatic nitrogens is 1. The average Bonchev–Trinajstić information content (AvgIpc) is 3.69. The predicted octanol–water partition coefficient (Wildman–Crippen LogP) is 9.62. The summed E-state index contributed by atoms with van der Waals surface area (Å²) in [5.74, 6) is -6.79. The highest BCUT2D eigenvalue weighted by Gasteiger charge is 2.57. The van der Waals surface area contributed by atoms with E-state index in [-0.39, 0.29) is 60.7 Å². The maximum absolute atomic E-state index is 14.7. The molecule has 426 valence electrons. The molecule has 3 fully saturated rings. The second-order valence-electron chi connectivity index (χ2n) is 24.5. The van der Waals surface area contributed by atoms with Gasteiger partial charge in [-0.15, -0.1) is 0 Å². The molecule has 2 N–H and O–H groups in total. The molecule has 2 bridgehead atoms. The number of esters is 1. The summed E-state index contributed by atoms with van der Waals surface area (Å²) in [5, 5.41) is 25.5. The van der Waals surface area contributed by atoms with E-state index in [4.69, 9.17) is 32.8 Å². The number of cyclic esters (lactones) is 1. The third-order valence-corrected chi connectivity index (χ3v) is 22.4. The summed E-state index contributed by atoms with van der Waals surface area (Å²) in [5.41, 5.74) is 4.02. The molecule has 1 aliphatic carbocycles. The predicted molar refractivity (Wildman–Crippen MR) is 296 cm³/mol. The van der Waals surface area contributed by atoms with Crippen molar-refractivity contribution in [2.45, 2.75) is 212 Å². The van der Waals surface area contributed by atoms with E-state index in [1.807, 2.05) is 32.9 Å². The van der Waals surface area contributed by atoms with Crippen LogP contribution >= 0.6 is 0 Å². The van der Waals surface area contributed by atoms with Crippen molar-refractivity contribution in [3.8, 4) is 5.75 Å². The number of methoxy groups -OCH3 is 3. The lowest BCUT2D eigenvalue weighted by Gasteiger charge is -2.47. The molecule has 2 aromatic rings. The smallest absolute Gasteiger partial charge is 0.329 e. The molecular weight excluding hydrogens is 985 g/mol. The van der Waals surface area contributed by atoms with Crippen molar-refractivity contribution in [2.24, 2.45) is 36.6 Å². The number of allylic oxidation sites excluding steroid dienone is 3. The number of hydrogen-bond acceptors (Lipinski definition) is 13. The molecule has 14 unspecified atom stereocenters. The number of aryl methyl sites for hydroxylation is 1. The van der Waals surface area contributed by atoms with Crippen LogP contribution in [-0.4, -0.2) is 140 Å². The number of benzene rings is 1. The van der Waals surface area contributed by atoms with Crippen molar-refractivity contribution in [1.82, 2.24) is 9.47 Å². The number of rotatable bonds is 12. The number of carbonyl (C=O) groups is 4. The monoisotopic (exact) mass is 1080 g/mol. The van der Waals surface area contributed by atoms with E-state index in [0.29, 0.717) is 57.1 Å². The number of piperidine rings is 1. The third kappa shape index (κ3) is 14.2. The largest absolute Gasteiger partial charge is 0.488 e. The van der Waals surface area contributed by atoms with Gasteiger partial charge in [-0.2, -0.15) is 0 Å². The Morgan fingerprint density at radius 1 is 0.921 bits per heavy atom. The zero-order valence-electron chi connectivity index (χ0n) is 48.6. The SMILES string of the molecule is CCC1/C=C(\C)CC(C)CC(OC)C2OC(O)(C(=O)C(=O)N3CCCCC3C(=O)OC(C(C)=CC3CCC(Oc4ccc5c(c4)c(CCO[Si](C)(C)C(C)(C)C)cn5C)C(OC)C3)C(C)C(O)CC1=O)C(C)CC2OC. The molecule has 0 spiro atoms. The number of ketones is 2. The van der Waals surface area contributed by atoms with Crippen molar-refractivity contribution >= 4 is 42.7 Å². The topological polar surface area (TPSA) is 182 Å². The van der Waals surface area contributed by atoms with Crippen LogP contribution < -0.4 is 4.74 Å². The number of ether oxygens (including phenoxy) is 6. The molecule has 4 heterocycles. The Hall–Kier alpha value is -3.74. The number of aliphatic hydroxyl groups is 2. The van der Waals surface area contributed by atoms with Crippen molar-refractivity contribution < 1.29 is 62.2 Å². The van der Waals surface area contributed by atoms with Gasteiger partial charge in [-0.3, -0.25) is 14.4 Å². The Bertz CT molecular complexity index is 2390. The molecule has 1 saturated carbocycles. The lowest BCUT2D eigenvalue weighted by molar-refractivity contribution is -0.302. The third-order valence-electron chi connectivity index (χ3n) is 17.8.